The Kier molecular flexibility index (Phi) is 5.37. The van der Waals surface area contributed by atoms with Gasteiger partial charge in [0.1, 0.15) is 0 Å². The van der Waals surface area contributed by atoms with E-state index in [0.29, 0.717) is 0 Å². The van der Waals surface area contributed by atoms with Gasteiger partial charge in [-0.1, -0.05) is 13.3 Å². The standard InChI is InChI=1S/C5H15NOSi/c1-4-5-8(6-2)7-3/h6,8H,4-5H2,1-3H3. The van der Waals surface area contributed by atoms with Gasteiger partial charge in [-0.3, -0.25) is 0 Å². The normalized spacial score (nSPS) is 13.9. The molecule has 0 amide bonds. The number of rotatable bonds is 4. The molecule has 0 spiro atoms. The van der Waals surface area contributed by atoms with Crippen LogP contribution in [0.5, 0.6) is 0 Å². The molecule has 0 bridgehead atoms. The van der Waals surface area contributed by atoms with Gasteiger partial charge in [-0.2, -0.15) is 0 Å². The maximum atomic E-state index is 5.17. The highest BCUT2D eigenvalue weighted by Gasteiger charge is 2.02. The van der Waals surface area contributed by atoms with Gasteiger partial charge in [0.05, 0.1) is 0 Å². The summed E-state index contributed by atoms with van der Waals surface area (Å²) in [4.78, 5) is 3.17. The summed E-state index contributed by atoms with van der Waals surface area (Å²) < 4.78 is 5.17. The third-order valence-electron chi connectivity index (χ3n) is 1.16. The highest BCUT2D eigenvalue weighted by molar-refractivity contribution is 6.48. The smallest absolute Gasteiger partial charge is 0.251 e. The molecule has 0 aromatic rings. The van der Waals surface area contributed by atoms with Crippen LogP contribution in [0.2, 0.25) is 6.04 Å². The van der Waals surface area contributed by atoms with Crippen LogP contribution in [0.15, 0.2) is 0 Å². The van der Waals surface area contributed by atoms with Gasteiger partial charge in [0.2, 0.25) is 0 Å². The van der Waals surface area contributed by atoms with E-state index in [9.17, 15) is 0 Å². The molecule has 0 saturated heterocycles. The van der Waals surface area contributed by atoms with Crippen molar-refractivity contribution in [2.45, 2.75) is 19.4 Å². The molecule has 0 aliphatic carbocycles. The molecule has 3 heteroatoms. The molecular formula is C5H15NOSi. The van der Waals surface area contributed by atoms with Crippen LogP contribution in [-0.2, 0) is 4.43 Å². The third kappa shape index (κ3) is 3.18. The van der Waals surface area contributed by atoms with E-state index in [1.54, 1.807) is 7.11 Å². The van der Waals surface area contributed by atoms with Crippen molar-refractivity contribution >= 4 is 9.20 Å². The molecule has 0 rings (SSSR count). The number of hydrogen-bond acceptors (Lipinski definition) is 2. The summed E-state index contributed by atoms with van der Waals surface area (Å²) in [7, 11) is 2.81. The molecule has 8 heavy (non-hydrogen) atoms. The highest BCUT2D eigenvalue weighted by atomic mass is 28.3. The van der Waals surface area contributed by atoms with Crippen LogP contribution in [0.25, 0.3) is 0 Å². The Hall–Kier alpha value is 0.137. The Bertz CT molecular complexity index is 47.7. The van der Waals surface area contributed by atoms with Gasteiger partial charge >= 0.3 is 0 Å². The summed E-state index contributed by atoms with van der Waals surface area (Å²) in [5.74, 6) is 0. The first kappa shape index (κ1) is 8.14. The lowest BCUT2D eigenvalue weighted by Gasteiger charge is -2.08. The highest BCUT2D eigenvalue weighted by Crippen LogP contribution is 1.91. The van der Waals surface area contributed by atoms with E-state index in [2.05, 4.69) is 11.9 Å². The SMILES string of the molecule is CCC[SiH](NC)OC. The number of nitrogens with one attached hydrogen (secondary N) is 1. The second kappa shape index (κ2) is 5.28. The van der Waals surface area contributed by atoms with Gasteiger partial charge in [-0.15, -0.1) is 0 Å². The van der Waals surface area contributed by atoms with Crippen LogP contribution in [-0.4, -0.2) is 23.4 Å². The minimum Gasteiger partial charge on any atom is -0.409 e. The van der Waals surface area contributed by atoms with E-state index >= 15 is 0 Å². The molecule has 1 N–H and O–H groups in total. The van der Waals surface area contributed by atoms with Crippen molar-refractivity contribution in [2.24, 2.45) is 0 Å². The lowest BCUT2D eigenvalue weighted by Crippen LogP contribution is -2.32. The predicted octanol–water partition coefficient (Wildman–Crippen LogP) is 0.483. The molecule has 0 heterocycles. The van der Waals surface area contributed by atoms with E-state index < -0.39 is 9.20 Å². The van der Waals surface area contributed by atoms with Crippen LogP contribution in [0.4, 0.5) is 0 Å². The van der Waals surface area contributed by atoms with Crippen molar-refractivity contribution in [2.75, 3.05) is 14.2 Å². The summed E-state index contributed by atoms with van der Waals surface area (Å²) in [6, 6.07) is 1.23. The molecule has 0 aliphatic rings. The van der Waals surface area contributed by atoms with Gasteiger partial charge < -0.3 is 9.41 Å². The average Bonchev–Trinajstić information content (AvgIpc) is 1.83. The second-order valence-corrected chi connectivity index (χ2v) is 4.41. The summed E-state index contributed by atoms with van der Waals surface area (Å²) in [5, 5.41) is 0. The Morgan fingerprint density at radius 2 is 2.25 bits per heavy atom. The Morgan fingerprint density at radius 3 is 2.38 bits per heavy atom. The van der Waals surface area contributed by atoms with Crippen molar-refractivity contribution < 1.29 is 4.43 Å². The molecule has 0 radical (unpaired) electrons. The summed E-state index contributed by atoms with van der Waals surface area (Å²) in [6.45, 7) is 2.18. The maximum Gasteiger partial charge on any atom is 0.251 e. The lowest BCUT2D eigenvalue weighted by molar-refractivity contribution is 0.409. The number of hydrogen-bond donors (Lipinski definition) is 1. The van der Waals surface area contributed by atoms with Crippen LogP contribution >= 0.6 is 0 Å². The zero-order valence-corrected chi connectivity index (χ0v) is 7.05. The minimum atomic E-state index is -0.942. The average molecular weight is 133 g/mol. The Balaban J connectivity index is 3.07. The van der Waals surface area contributed by atoms with Gasteiger partial charge in [-0.05, 0) is 13.1 Å². The monoisotopic (exact) mass is 133 g/mol. The molecular weight excluding hydrogens is 118 g/mol. The minimum absolute atomic E-state index is 0.942. The topological polar surface area (TPSA) is 21.3 Å². The zero-order chi connectivity index (χ0) is 6.41. The first-order chi connectivity index (χ1) is 3.85. The molecule has 0 fully saturated rings. The lowest BCUT2D eigenvalue weighted by atomic mass is 10.6. The fourth-order valence-electron chi connectivity index (χ4n) is 0.642. The second-order valence-electron chi connectivity index (χ2n) is 1.80. The molecule has 0 aliphatic heterocycles. The molecule has 1 atom stereocenters. The Labute approximate surface area is 53.0 Å². The van der Waals surface area contributed by atoms with Crippen LogP contribution in [0.1, 0.15) is 13.3 Å². The van der Waals surface area contributed by atoms with Crippen molar-refractivity contribution in [3.63, 3.8) is 0 Å². The first-order valence-corrected chi connectivity index (χ1v) is 4.91. The fourth-order valence-corrected chi connectivity index (χ4v) is 1.93. The summed E-state index contributed by atoms with van der Waals surface area (Å²) >= 11 is 0. The zero-order valence-electron chi connectivity index (χ0n) is 5.90. The molecule has 2 nitrogen and oxygen atoms in total. The van der Waals surface area contributed by atoms with Gasteiger partial charge in [0, 0.05) is 7.11 Å². The molecule has 0 aromatic carbocycles. The maximum absolute atomic E-state index is 5.17. The van der Waals surface area contributed by atoms with E-state index in [1.165, 1.54) is 12.5 Å². The molecule has 0 saturated carbocycles. The predicted molar refractivity (Wildman–Crippen MR) is 38.3 cm³/mol. The Morgan fingerprint density at radius 1 is 1.62 bits per heavy atom. The van der Waals surface area contributed by atoms with Crippen molar-refractivity contribution in [3.8, 4) is 0 Å². The molecule has 0 aromatic heterocycles. The molecule has 1 unspecified atom stereocenters. The van der Waals surface area contributed by atoms with E-state index in [4.69, 9.17) is 4.43 Å². The van der Waals surface area contributed by atoms with Crippen LogP contribution < -0.4 is 4.98 Å². The van der Waals surface area contributed by atoms with E-state index in [0.717, 1.165) is 0 Å². The summed E-state index contributed by atoms with van der Waals surface area (Å²) in [6.07, 6.45) is 1.23. The van der Waals surface area contributed by atoms with E-state index in [1.807, 2.05) is 7.05 Å². The van der Waals surface area contributed by atoms with Gasteiger partial charge in [0.15, 0.2) is 0 Å². The van der Waals surface area contributed by atoms with Crippen molar-refractivity contribution in [1.82, 2.24) is 4.98 Å². The largest absolute Gasteiger partial charge is 0.409 e. The van der Waals surface area contributed by atoms with Crippen molar-refractivity contribution in [3.05, 3.63) is 0 Å². The first-order valence-electron chi connectivity index (χ1n) is 3.05. The molecule has 50 valence electrons. The third-order valence-corrected chi connectivity index (χ3v) is 3.47. The van der Waals surface area contributed by atoms with Gasteiger partial charge in [0.25, 0.3) is 9.20 Å². The van der Waals surface area contributed by atoms with Crippen molar-refractivity contribution in [1.29, 1.82) is 0 Å². The summed E-state index contributed by atoms with van der Waals surface area (Å²) in [5.41, 5.74) is 0. The van der Waals surface area contributed by atoms with Crippen LogP contribution in [0.3, 0.4) is 0 Å². The van der Waals surface area contributed by atoms with Crippen LogP contribution in [0, 0.1) is 0 Å². The quantitative estimate of drug-likeness (QED) is 0.563. The van der Waals surface area contributed by atoms with Gasteiger partial charge in [-0.25, -0.2) is 0 Å². The van der Waals surface area contributed by atoms with E-state index in [-0.39, 0.29) is 0 Å². The fraction of sp³-hybridized carbons (Fsp3) is 1.00.